The molecule has 0 atom stereocenters. The molecule has 11 nitrogen and oxygen atoms in total. The number of carbonyl (C=O) groups excluding carboxylic acids is 1. The van der Waals surface area contributed by atoms with E-state index in [2.05, 4.69) is 19.9 Å². The summed E-state index contributed by atoms with van der Waals surface area (Å²) >= 11 is 0. The number of anilines is 1. The molecule has 0 bridgehead atoms. The largest absolute Gasteiger partial charge is 0.507 e. The first-order valence-corrected chi connectivity index (χ1v) is 13.5. The number of aromatic carboxylic acids is 1. The van der Waals surface area contributed by atoms with Crippen LogP contribution >= 0.6 is 0 Å². The van der Waals surface area contributed by atoms with E-state index in [1.807, 2.05) is 13.8 Å². The van der Waals surface area contributed by atoms with Crippen molar-refractivity contribution >= 4 is 39.1 Å². The van der Waals surface area contributed by atoms with Gasteiger partial charge >= 0.3 is 5.97 Å². The molecule has 0 saturated carbocycles. The first-order valence-electron chi connectivity index (χ1n) is 12.0. The number of carboxylic acids is 1. The molecule has 1 heterocycles. The SMILES string of the molecule is CCCN(CCC)C(=O)Cc1cc(N=Nc2ccc(S(=O)(=O)Nc3ccccn3)cc2)cc(C(=O)O)c1O. The number of hydrogen-bond donors (Lipinski definition) is 3. The van der Waals surface area contributed by atoms with Gasteiger partial charge in [-0.2, -0.15) is 10.2 Å². The third-order valence-corrected chi connectivity index (χ3v) is 6.79. The molecule has 0 aliphatic rings. The fraction of sp³-hybridized carbons (Fsp3) is 0.269. The molecular weight excluding hydrogens is 510 g/mol. The molecule has 1 aromatic heterocycles. The van der Waals surface area contributed by atoms with Crippen molar-refractivity contribution in [3.05, 3.63) is 71.9 Å². The summed E-state index contributed by atoms with van der Waals surface area (Å²) in [6, 6.07) is 13.0. The number of nitrogens with zero attached hydrogens (tertiary/aromatic N) is 4. The molecule has 3 aromatic rings. The number of hydrogen-bond acceptors (Lipinski definition) is 8. The van der Waals surface area contributed by atoms with Crippen molar-refractivity contribution < 1.29 is 28.2 Å². The average molecular weight is 540 g/mol. The number of phenols is 1. The lowest BCUT2D eigenvalue weighted by molar-refractivity contribution is -0.130. The number of carbonyl (C=O) groups is 2. The minimum atomic E-state index is -3.86. The van der Waals surface area contributed by atoms with E-state index in [1.54, 1.807) is 17.0 Å². The Morgan fingerprint density at radius 3 is 2.21 bits per heavy atom. The quantitative estimate of drug-likeness (QED) is 0.276. The fourth-order valence-electron chi connectivity index (χ4n) is 3.64. The molecule has 0 radical (unpaired) electrons. The second kappa shape index (κ2) is 12.8. The number of pyridine rings is 1. The second-order valence-electron chi connectivity index (χ2n) is 8.38. The van der Waals surface area contributed by atoms with Crippen LogP contribution in [0.3, 0.4) is 0 Å². The highest BCUT2D eigenvalue weighted by Gasteiger charge is 2.20. The summed E-state index contributed by atoms with van der Waals surface area (Å²) in [6.07, 6.45) is 2.82. The summed E-state index contributed by atoms with van der Waals surface area (Å²) in [5.41, 5.74) is 0.155. The molecule has 2 aromatic carbocycles. The number of nitrogens with one attached hydrogen (secondary N) is 1. The molecule has 0 aliphatic heterocycles. The Bertz CT molecular complexity index is 1400. The zero-order chi connectivity index (χ0) is 27.7. The van der Waals surface area contributed by atoms with Gasteiger partial charge in [0.25, 0.3) is 10.0 Å². The Kier molecular flexibility index (Phi) is 9.49. The Hall–Kier alpha value is -4.32. The van der Waals surface area contributed by atoms with E-state index in [-0.39, 0.29) is 34.3 Å². The Balaban J connectivity index is 1.83. The van der Waals surface area contributed by atoms with Crippen molar-refractivity contribution in [2.24, 2.45) is 10.2 Å². The Morgan fingerprint density at radius 1 is 0.974 bits per heavy atom. The van der Waals surface area contributed by atoms with E-state index in [1.165, 1.54) is 42.6 Å². The number of amides is 1. The van der Waals surface area contributed by atoms with Crippen molar-refractivity contribution in [2.75, 3.05) is 17.8 Å². The predicted octanol–water partition coefficient (Wildman–Crippen LogP) is 4.89. The summed E-state index contributed by atoms with van der Waals surface area (Å²) in [7, 11) is -3.86. The molecule has 0 spiro atoms. The Labute approximate surface area is 220 Å². The molecular formula is C26H29N5O6S. The van der Waals surface area contributed by atoms with Gasteiger partial charge in [-0.25, -0.2) is 18.2 Å². The topological polar surface area (TPSA) is 162 Å². The third-order valence-electron chi connectivity index (χ3n) is 5.42. The van der Waals surface area contributed by atoms with E-state index in [4.69, 9.17) is 0 Å². The van der Waals surface area contributed by atoms with Crippen LogP contribution in [0.25, 0.3) is 0 Å². The Morgan fingerprint density at radius 2 is 1.63 bits per heavy atom. The highest BCUT2D eigenvalue weighted by Crippen LogP contribution is 2.31. The zero-order valence-electron chi connectivity index (χ0n) is 21.0. The van der Waals surface area contributed by atoms with Crippen LogP contribution in [0.4, 0.5) is 17.2 Å². The highest BCUT2D eigenvalue weighted by molar-refractivity contribution is 7.92. The van der Waals surface area contributed by atoms with Gasteiger partial charge in [-0.1, -0.05) is 19.9 Å². The lowest BCUT2D eigenvalue weighted by atomic mass is 10.0. The van der Waals surface area contributed by atoms with Gasteiger partial charge in [0.2, 0.25) is 5.91 Å². The lowest BCUT2D eigenvalue weighted by Gasteiger charge is -2.22. The number of rotatable bonds is 12. The molecule has 0 unspecified atom stereocenters. The number of carboxylic acid groups (broad SMARTS) is 1. The molecule has 3 rings (SSSR count). The molecule has 1 amide bonds. The summed E-state index contributed by atoms with van der Waals surface area (Å²) < 4.78 is 27.5. The van der Waals surface area contributed by atoms with E-state index in [9.17, 15) is 28.2 Å². The second-order valence-corrected chi connectivity index (χ2v) is 10.1. The van der Waals surface area contributed by atoms with Crippen molar-refractivity contribution in [3.63, 3.8) is 0 Å². The third kappa shape index (κ3) is 7.35. The summed E-state index contributed by atoms with van der Waals surface area (Å²) in [4.78, 5) is 30.1. The normalized spacial score (nSPS) is 11.4. The van der Waals surface area contributed by atoms with Gasteiger partial charge in [0, 0.05) is 24.8 Å². The predicted molar refractivity (Wildman–Crippen MR) is 142 cm³/mol. The fourth-order valence-corrected chi connectivity index (χ4v) is 4.64. The summed E-state index contributed by atoms with van der Waals surface area (Å²) in [5.74, 6) is -1.92. The van der Waals surface area contributed by atoms with Crippen LogP contribution in [0, 0.1) is 0 Å². The number of benzene rings is 2. The van der Waals surface area contributed by atoms with E-state index < -0.39 is 27.3 Å². The van der Waals surface area contributed by atoms with Gasteiger partial charge < -0.3 is 15.1 Å². The number of azo groups is 1. The van der Waals surface area contributed by atoms with Crippen LogP contribution < -0.4 is 4.72 Å². The number of aromatic nitrogens is 1. The maximum atomic E-state index is 12.8. The van der Waals surface area contributed by atoms with E-state index in [0.717, 1.165) is 18.9 Å². The van der Waals surface area contributed by atoms with Crippen LogP contribution in [0.1, 0.15) is 42.6 Å². The van der Waals surface area contributed by atoms with Crippen molar-refractivity contribution in [2.45, 2.75) is 38.0 Å². The average Bonchev–Trinajstić information content (AvgIpc) is 2.89. The van der Waals surface area contributed by atoms with Crippen LogP contribution in [-0.2, 0) is 21.2 Å². The van der Waals surface area contributed by atoms with E-state index >= 15 is 0 Å². The molecule has 0 aliphatic carbocycles. The first-order chi connectivity index (χ1) is 18.1. The smallest absolute Gasteiger partial charge is 0.339 e. The number of sulfonamides is 1. The maximum absolute atomic E-state index is 12.8. The lowest BCUT2D eigenvalue weighted by Crippen LogP contribution is -2.33. The standard InChI is InChI=1S/C26H29N5O6S/c1-3-13-31(14-4-2)24(32)16-18-15-20(17-22(25(18)33)26(34)35)29-28-19-8-10-21(11-9-19)38(36,37)30-23-7-5-6-12-27-23/h5-12,15,17,33H,3-4,13-14,16H2,1-2H3,(H,27,30)(H,34,35). The minimum Gasteiger partial charge on any atom is -0.507 e. The number of aromatic hydroxyl groups is 1. The van der Waals surface area contributed by atoms with Gasteiger partial charge in [-0.15, -0.1) is 0 Å². The van der Waals surface area contributed by atoms with Crippen molar-refractivity contribution in [1.82, 2.24) is 9.88 Å². The minimum absolute atomic E-state index is 0.00980. The molecule has 200 valence electrons. The van der Waals surface area contributed by atoms with Crippen LogP contribution in [0.2, 0.25) is 0 Å². The summed E-state index contributed by atoms with van der Waals surface area (Å²) in [6.45, 7) is 5.02. The van der Waals surface area contributed by atoms with Gasteiger partial charge in [0.1, 0.15) is 17.1 Å². The van der Waals surface area contributed by atoms with Gasteiger partial charge in [0.15, 0.2) is 0 Å². The monoisotopic (exact) mass is 539 g/mol. The van der Waals surface area contributed by atoms with Crippen LogP contribution in [0.5, 0.6) is 5.75 Å². The molecule has 3 N–H and O–H groups in total. The molecule has 12 heteroatoms. The van der Waals surface area contributed by atoms with Gasteiger partial charge in [-0.05, 0) is 61.4 Å². The van der Waals surface area contributed by atoms with E-state index in [0.29, 0.717) is 18.8 Å². The maximum Gasteiger partial charge on any atom is 0.339 e. The van der Waals surface area contributed by atoms with Gasteiger partial charge in [-0.3, -0.25) is 9.52 Å². The summed E-state index contributed by atoms with van der Waals surface area (Å²) in [5, 5.41) is 28.1. The molecule has 38 heavy (non-hydrogen) atoms. The zero-order valence-corrected chi connectivity index (χ0v) is 21.9. The van der Waals surface area contributed by atoms with Crippen molar-refractivity contribution in [1.29, 1.82) is 0 Å². The van der Waals surface area contributed by atoms with Crippen LogP contribution in [-0.4, -0.2) is 53.5 Å². The van der Waals surface area contributed by atoms with Gasteiger partial charge in [0.05, 0.1) is 22.7 Å². The molecule has 0 fully saturated rings. The highest BCUT2D eigenvalue weighted by atomic mass is 32.2. The first kappa shape index (κ1) is 28.3. The van der Waals surface area contributed by atoms with Crippen molar-refractivity contribution in [3.8, 4) is 5.75 Å². The van der Waals surface area contributed by atoms with Crippen LogP contribution in [0.15, 0.2) is 75.9 Å². The molecule has 0 saturated heterocycles.